The first-order valence-corrected chi connectivity index (χ1v) is 5.14. The van der Waals surface area contributed by atoms with E-state index in [2.05, 4.69) is 30.3 Å². The molecular formula is C11H18N2O. The van der Waals surface area contributed by atoms with E-state index in [-0.39, 0.29) is 5.41 Å². The zero-order chi connectivity index (χ0) is 10.0. The highest BCUT2D eigenvalue weighted by atomic mass is 16.3. The third-order valence-electron chi connectivity index (χ3n) is 2.92. The van der Waals surface area contributed by atoms with Crippen molar-refractivity contribution in [3.05, 3.63) is 24.2 Å². The summed E-state index contributed by atoms with van der Waals surface area (Å²) < 4.78 is 5.51. The Balaban J connectivity index is 2.20. The Bertz CT molecular complexity index is 283. The molecule has 78 valence electrons. The van der Waals surface area contributed by atoms with Gasteiger partial charge in [-0.2, -0.15) is 0 Å². The highest BCUT2D eigenvalue weighted by Gasteiger charge is 2.32. The van der Waals surface area contributed by atoms with Crippen LogP contribution in [0.1, 0.15) is 12.7 Å². The molecule has 3 nitrogen and oxygen atoms in total. The van der Waals surface area contributed by atoms with E-state index in [1.165, 1.54) is 0 Å². The summed E-state index contributed by atoms with van der Waals surface area (Å²) >= 11 is 0. The van der Waals surface area contributed by atoms with E-state index < -0.39 is 0 Å². The Morgan fingerprint density at radius 3 is 3.14 bits per heavy atom. The van der Waals surface area contributed by atoms with Gasteiger partial charge in [-0.15, -0.1) is 0 Å². The molecule has 1 unspecified atom stereocenters. The molecule has 1 atom stereocenters. The first-order chi connectivity index (χ1) is 6.71. The van der Waals surface area contributed by atoms with Crippen molar-refractivity contribution in [3.63, 3.8) is 0 Å². The standard InChI is InChI=1S/C11H18N2O/c1-11(10-4-3-7-14-10)8-12-5-6-13(2)9-11/h3-4,7,12H,5-6,8-9H2,1-2H3. The monoisotopic (exact) mass is 194 g/mol. The van der Waals surface area contributed by atoms with Crippen molar-refractivity contribution >= 4 is 0 Å². The van der Waals surface area contributed by atoms with Gasteiger partial charge in [-0.1, -0.05) is 6.92 Å². The molecule has 0 saturated carbocycles. The van der Waals surface area contributed by atoms with E-state index in [0.717, 1.165) is 31.9 Å². The maximum absolute atomic E-state index is 5.51. The van der Waals surface area contributed by atoms with Gasteiger partial charge >= 0.3 is 0 Å². The van der Waals surface area contributed by atoms with E-state index in [0.29, 0.717) is 0 Å². The second-order valence-electron chi connectivity index (χ2n) is 4.45. The third-order valence-corrected chi connectivity index (χ3v) is 2.92. The van der Waals surface area contributed by atoms with Gasteiger partial charge in [0.1, 0.15) is 5.76 Å². The van der Waals surface area contributed by atoms with Crippen molar-refractivity contribution in [2.75, 3.05) is 33.2 Å². The van der Waals surface area contributed by atoms with Crippen LogP contribution in [-0.2, 0) is 5.41 Å². The fourth-order valence-electron chi connectivity index (χ4n) is 2.15. The summed E-state index contributed by atoms with van der Waals surface area (Å²) in [4.78, 5) is 2.35. The van der Waals surface area contributed by atoms with Crippen LogP contribution in [-0.4, -0.2) is 38.1 Å². The molecule has 0 aliphatic carbocycles. The smallest absolute Gasteiger partial charge is 0.112 e. The van der Waals surface area contributed by atoms with E-state index in [9.17, 15) is 0 Å². The van der Waals surface area contributed by atoms with Gasteiger partial charge in [0.2, 0.25) is 0 Å². The molecule has 0 radical (unpaired) electrons. The molecular weight excluding hydrogens is 176 g/mol. The Hall–Kier alpha value is -0.800. The quantitative estimate of drug-likeness (QED) is 0.725. The second-order valence-corrected chi connectivity index (χ2v) is 4.45. The maximum atomic E-state index is 5.51. The molecule has 1 aliphatic heterocycles. The van der Waals surface area contributed by atoms with Gasteiger partial charge in [-0.3, -0.25) is 0 Å². The Morgan fingerprint density at radius 1 is 1.57 bits per heavy atom. The van der Waals surface area contributed by atoms with Crippen LogP contribution in [0.5, 0.6) is 0 Å². The lowest BCUT2D eigenvalue weighted by Gasteiger charge is -2.28. The number of hydrogen-bond donors (Lipinski definition) is 1. The summed E-state index contributed by atoms with van der Waals surface area (Å²) in [6, 6.07) is 4.03. The largest absolute Gasteiger partial charge is 0.469 e. The zero-order valence-electron chi connectivity index (χ0n) is 8.92. The lowest BCUT2D eigenvalue weighted by Crippen LogP contribution is -2.39. The minimum Gasteiger partial charge on any atom is -0.469 e. The second kappa shape index (κ2) is 3.75. The van der Waals surface area contributed by atoms with E-state index >= 15 is 0 Å². The molecule has 0 aromatic carbocycles. The van der Waals surface area contributed by atoms with Crippen LogP contribution in [0, 0.1) is 0 Å². The number of furan rings is 1. The average molecular weight is 194 g/mol. The van der Waals surface area contributed by atoms with Crippen LogP contribution in [0.2, 0.25) is 0 Å². The van der Waals surface area contributed by atoms with Crippen molar-refractivity contribution in [2.45, 2.75) is 12.3 Å². The Labute approximate surface area is 85.1 Å². The predicted octanol–water partition coefficient (Wildman–Crippen LogP) is 1.07. The van der Waals surface area contributed by atoms with Crippen LogP contribution in [0.4, 0.5) is 0 Å². The SMILES string of the molecule is CN1CCNCC(C)(c2ccco2)C1. The molecule has 1 fully saturated rings. The number of hydrogen-bond acceptors (Lipinski definition) is 3. The summed E-state index contributed by atoms with van der Waals surface area (Å²) in [5, 5.41) is 3.45. The molecule has 2 heterocycles. The summed E-state index contributed by atoms with van der Waals surface area (Å²) in [5.41, 5.74) is 0.106. The average Bonchev–Trinajstić information content (AvgIpc) is 2.61. The van der Waals surface area contributed by atoms with E-state index in [1.807, 2.05) is 6.07 Å². The fraction of sp³-hybridized carbons (Fsp3) is 0.636. The number of rotatable bonds is 1. The van der Waals surface area contributed by atoms with Crippen molar-refractivity contribution < 1.29 is 4.42 Å². The maximum Gasteiger partial charge on any atom is 0.112 e. The van der Waals surface area contributed by atoms with Gasteiger partial charge in [0.05, 0.1) is 11.7 Å². The van der Waals surface area contributed by atoms with Gasteiger partial charge in [0.15, 0.2) is 0 Å². The molecule has 1 saturated heterocycles. The van der Waals surface area contributed by atoms with Crippen molar-refractivity contribution in [1.82, 2.24) is 10.2 Å². The van der Waals surface area contributed by atoms with Gasteiger partial charge in [-0.25, -0.2) is 0 Å². The molecule has 14 heavy (non-hydrogen) atoms. The molecule has 2 rings (SSSR count). The molecule has 1 aromatic rings. The molecule has 1 N–H and O–H groups in total. The highest BCUT2D eigenvalue weighted by molar-refractivity contribution is 5.15. The molecule has 0 amide bonds. The number of nitrogens with zero attached hydrogens (tertiary/aromatic N) is 1. The van der Waals surface area contributed by atoms with Crippen molar-refractivity contribution in [1.29, 1.82) is 0 Å². The first-order valence-electron chi connectivity index (χ1n) is 5.14. The van der Waals surface area contributed by atoms with Gasteiger partial charge in [-0.05, 0) is 19.2 Å². The summed E-state index contributed by atoms with van der Waals surface area (Å²) in [7, 11) is 2.16. The van der Waals surface area contributed by atoms with Crippen LogP contribution < -0.4 is 5.32 Å². The third kappa shape index (κ3) is 1.83. The minimum atomic E-state index is 0.106. The van der Waals surface area contributed by atoms with Gasteiger partial charge in [0, 0.05) is 26.2 Å². The van der Waals surface area contributed by atoms with Crippen LogP contribution in [0.15, 0.2) is 22.8 Å². The molecule has 1 aliphatic rings. The topological polar surface area (TPSA) is 28.4 Å². The lowest BCUT2D eigenvalue weighted by molar-refractivity contribution is 0.259. The Morgan fingerprint density at radius 2 is 2.43 bits per heavy atom. The molecule has 3 heteroatoms. The summed E-state index contributed by atoms with van der Waals surface area (Å²) in [6.45, 7) is 6.46. The molecule has 1 aromatic heterocycles. The van der Waals surface area contributed by atoms with E-state index in [1.54, 1.807) is 6.26 Å². The van der Waals surface area contributed by atoms with Crippen molar-refractivity contribution in [2.24, 2.45) is 0 Å². The number of nitrogens with one attached hydrogen (secondary N) is 1. The fourth-order valence-corrected chi connectivity index (χ4v) is 2.15. The Kier molecular flexibility index (Phi) is 2.61. The summed E-state index contributed by atoms with van der Waals surface area (Å²) in [6.07, 6.45) is 1.76. The minimum absolute atomic E-state index is 0.106. The predicted molar refractivity (Wildman–Crippen MR) is 56.4 cm³/mol. The zero-order valence-corrected chi connectivity index (χ0v) is 8.92. The van der Waals surface area contributed by atoms with Gasteiger partial charge < -0.3 is 14.6 Å². The molecule has 0 spiro atoms. The van der Waals surface area contributed by atoms with Gasteiger partial charge in [0.25, 0.3) is 0 Å². The normalized spacial score (nSPS) is 30.1. The first kappa shape index (κ1) is 9.74. The van der Waals surface area contributed by atoms with Crippen LogP contribution in [0.3, 0.4) is 0 Å². The summed E-state index contributed by atoms with van der Waals surface area (Å²) in [5.74, 6) is 1.08. The van der Waals surface area contributed by atoms with Crippen LogP contribution in [0.25, 0.3) is 0 Å². The van der Waals surface area contributed by atoms with Crippen LogP contribution >= 0.6 is 0 Å². The van der Waals surface area contributed by atoms with E-state index in [4.69, 9.17) is 4.42 Å². The lowest BCUT2D eigenvalue weighted by atomic mass is 9.87. The number of likely N-dealkylation sites (N-methyl/N-ethyl adjacent to an activating group) is 1. The molecule has 0 bridgehead atoms. The highest BCUT2D eigenvalue weighted by Crippen LogP contribution is 2.25. The van der Waals surface area contributed by atoms with Crippen molar-refractivity contribution in [3.8, 4) is 0 Å².